The molecule has 0 aliphatic rings. The Balaban J connectivity index is 2.42. The number of rotatable bonds is 11. The Morgan fingerprint density at radius 2 is 1.53 bits per heavy atom. The quantitative estimate of drug-likeness (QED) is 0.521. The van der Waals surface area contributed by atoms with Gasteiger partial charge < -0.3 is 10.2 Å². The van der Waals surface area contributed by atoms with Crippen molar-refractivity contribution < 1.29 is 22.4 Å². The average molecular weight is 492 g/mol. The highest BCUT2D eigenvalue weighted by Crippen LogP contribution is 2.21. The van der Waals surface area contributed by atoms with E-state index in [9.17, 15) is 22.4 Å². The van der Waals surface area contributed by atoms with Crippen molar-refractivity contribution >= 4 is 27.5 Å². The predicted molar refractivity (Wildman–Crippen MR) is 132 cm³/mol. The van der Waals surface area contributed by atoms with E-state index in [0.717, 1.165) is 22.5 Å². The number of amides is 2. The Bertz CT molecular complexity index is 1070. The number of nitrogens with one attached hydrogen (secondary N) is 1. The molecule has 0 unspecified atom stereocenters. The number of anilines is 1. The van der Waals surface area contributed by atoms with Gasteiger partial charge in [0.1, 0.15) is 18.4 Å². The summed E-state index contributed by atoms with van der Waals surface area (Å²) in [5.41, 5.74) is 2.04. The van der Waals surface area contributed by atoms with E-state index in [4.69, 9.17) is 0 Å². The third-order valence-corrected chi connectivity index (χ3v) is 6.54. The molecule has 186 valence electrons. The molecule has 0 aliphatic carbocycles. The minimum atomic E-state index is -3.78. The van der Waals surface area contributed by atoms with Crippen molar-refractivity contribution in [2.45, 2.75) is 59.2 Å². The standard InChI is InChI=1S/C25H34FN3O4S/c1-6-19-10-14-22(15-11-19)29(34(5,32)33)17-24(30)28(16-20-8-12-21(26)13-9-20)23(7-2)25(31)27-18(3)4/h8-15,18,23H,6-7,16-17H2,1-5H3,(H,27,31)/t23-/m0/s1. The summed E-state index contributed by atoms with van der Waals surface area (Å²) in [7, 11) is -3.78. The number of nitrogens with zero attached hydrogens (tertiary/aromatic N) is 2. The highest BCUT2D eigenvalue weighted by molar-refractivity contribution is 7.92. The van der Waals surface area contributed by atoms with Gasteiger partial charge in [0, 0.05) is 12.6 Å². The monoisotopic (exact) mass is 491 g/mol. The fourth-order valence-corrected chi connectivity index (χ4v) is 4.45. The summed E-state index contributed by atoms with van der Waals surface area (Å²) < 4.78 is 39.6. The van der Waals surface area contributed by atoms with Crippen molar-refractivity contribution in [3.8, 4) is 0 Å². The molecule has 0 fully saturated rings. The molecule has 0 spiro atoms. The van der Waals surface area contributed by atoms with Gasteiger partial charge in [-0.2, -0.15) is 0 Å². The fourth-order valence-electron chi connectivity index (χ4n) is 3.60. The van der Waals surface area contributed by atoms with Crippen LogP contribution in [0.3, 0.4) is 0 Å². The first kappa shape index (κ1) is 27.3. The molecule has 9 heteroatoms. The largest absolute Gasteiger partial charge is 0.352 e. The minimum Gasteiger partial charge on any atom is -0.352 e. The summed E-state index contributed by atoms with van der Waals surface area (Å²) >= 11 is 0. The summed E-state index contributed by atoms with van der Waals surface area (Å²) in [4.78, 5) is 27.8. The van der Waals surface area contributed by atoms with Crippen LogP contribution in [0.5, 0.6) is 0 Å². The highest BCUT2D eigenvalue weighted by atomic mass is 32.2. The molecule has 0 saturated carbocycles. The van der Waals surface area contributed by atoms with Crippen LogP contribution in [0.15, 0.2) is 48.5 Å². The van der Waals surface area contributed by atoms with Gasteiger partial charge >= 0.3 is 0 Å². The van der Waals surface area contributed by atoms with Crippen LogP contribution < -0.4 is 9.62 Å². The summed E-state index contributed by atoms with van der Waals surface area (Å²) in [5, 5.41) is 2.83. The van der Waals surface area contributed by atoms with Crippen molar-refractivity contribution in [2.24, 2.45) is 0 Å². The molecule has 2 aromatic rings. The molecule has 2 rings (SSSR count). The van der Waals surface area contributed by atoms with Crippen LogP contribution in [0, 0.1) is 5.82 Å². The van der Waals surface area contributed by atoms with Crippen molar-refractivity contribution in [1.82, 2.24) is 10.2 Å². The van der Waals surface area contributed by atoms with E-state index >= 15 is 0 Å². The van der Waals surface area contributed by atoms with E-state index in [1.165, 1.54) is 17.0 Å². The Hall–Kier alpha value is -2.94. The van der Waals surface area contributed by atoms with E-state index in [1.54, 1.807) is 31.2 Å². The Kier molecular flexibility index (Phi) is 9.61. The van der Waals surface area contributed by atoms with Gasteiger partial charge in [0.2, 0.25) is 21.8 Å². The normalized spacial score (nSPS) is 12.3. The van der Waals surface area contributed by atoms with Gasteiger partial charge in [-0.1, -0.05) is 38.1 Å². The number of halogens is 1. The van der Waals surface area contributed by atoms with Crippen LogP contribution in [-0.2, 0) is 32.6 Å². The number of carbonyl (C=O) groups excluding carboxylic acids is 2. The molecule has 0 radical (unpaired) electrons. The van der Waals surface area contributed by atoms with Crippen LogP contribution >= 0.6 is 0 Å². The minimum absolute atomic E-state index is 0.0372. The summed E-state index contributed by atoms with van der Waals surface area (Å²) in [5.74, 6) is -1.27. The first-order valence-electron chi connectivity index (χ1n) is 11.4. The topological polar surface area (TPSA) is 86.8 Å². The average Bonchev–Trinajstić information content (AvgIpc) is 2.77. The van der Waals surface area contributed by atoms with Crippen LogP contribution in [-0.4, -0.2) is 50.0 Å². The van der Waals surface area contributed by atoms with Gasteiger partial charge in [0.25, 0.3) is 0 Å². The zero-order valence-electron chi connectivity index (χ0n) is 20.4. The second kappa shape index (κ2) is 12.0. The third-order valence-electron chi connectivity index (χ3n) is 5.39. The smallest absolute Gasteiger partial charge is 0.244 e. The number of hydrogen-bond acceptors (Lipinski definition) is 4. The summed E-state index contributed by atoms with van der Waals surface area (Å²) in [6, 6.07) is 11.7. The van der Waals surface area contributed by atoms with Crippen LogP contribution in [0.4, 0.5) is 10.1 Å². The maximum absolute atomic E-state index is 13.5. The molecule has 1 atom stereocenters. The molecule has 2 amide bonds. The molecular weight excluding hydrogens is 457 g/mol. The Morgan fingerprint density at radius 1 is 0.971 bits per heavy atom. The van der Waals surface area contributed by atoms with E-state index in [-0.39, 0.29) is 18.5 Å². The second-order valence-electron chi connectivity index (χ2n) is 8.53. The molecule has 0 saturated heterocycles. The van der Waals surface area contributed by atoms with E-state index in [1.807, 2.05) is 32.9 Å². The van der Waals surface area contributed by atoms with Gasteiger partial charge in [0.05, 0.1) is 11.9 Å². The first-order valence-corrected chi connectivity index (χ1v) is 13.2. The lowest BCUT2D eigenvalue weighted by atomic mass is 10.1. The van der Waals surface area contributed by atoms with Crippen molar-refractivity contribution in [3.05, 3.63) is 65.5 Å². The number of benzene rings is 2. The molecule has 0 heterocycles. The molecule has 2 aromatic carbocycles. The number of carbonyl (C=O) groups is 2. The Morgan fingerprint density at radius 3 is 2.00 bits per heavy atom. The summed E-state index contributed by atoms with van der Waals surface area (Å²) in [6.45, 7) is 7.00. The van der Waals surface area contributed by atoms with Crippen molar-refractivity contribution in [3.63, 3.8) is 0 Å². The number of hydrogen-bond donors (Lipinski definition) is 1. The SMILES string of the molecule is CCc1ccc(N(CC(=O)N(Cc2ccc(F)cc2)[C@@H](CC)C(=O)NC(C)C)S(C)(=O)=O)cc1. The van der Waals surface area contributed by atoms with E-state index < -0.39 is 34.3 Å². The van der Waals surface area contributed by atoms with Crippen LogP contribution in [0.25, 0.3) is 0 Å². The van der Waals surface area contributed by atoms with E-state index in [2.05, 4.69) is 5.32 Å². The van der Waals surface area contributed by atoms with Gasteiger partial charge in [0.15, 0.2) is 0 Å². The number of aryl methyl sites for hydroxylation is 1. The molecule has 7 nitrogen and oxygen atoms in total. The van der Waals surface area contributed by atoms with E-state index in [0.29, 0.717) is 17.7 Å². The lowest BCUT2D eigenvalue weighted by Gasteiger charge is -2.33. The van der Waals surface area contributed by atoms with Crippen molar-refractivity contribution in [2.75, 3.05) is 17.1 Å². The summed E-state index contributed by atoms with van der Waals surface area (Å²) in [6.07, 6.45) is 2.17. The lowest BCUT2D eigenvalue weighted by molar-refractivity contribution is -0.140. The highest BCUT2D eigenvalue weighted by Gasteiger charge is 2.31. The zero-order valence-corrected chi connectivity index (χ0v) is 21.2. The van der Waals surface area contributed by atoms with Crippen LogP contribution in [0.2, 0.25) is 0 Å². The maximum atomic E-state index is 13.5. The fraction of sp³-hybridized carbons (Fsp3) is 0.440. The lowest BCUT2D eigenvalue weighted by Crippen LogP contribution is -2.53. The molecule has 0 aliphatic heterocycles. The molecule has 1 N–H and O–H groups in total. The van der Waals surface area contributed by atoms with Gasteiger partial charge in [-0.05, 0) is 62.1 Å². The number of sulfonamides is 1. The van der Waals surface area contributed by atoms with Gasteiger partial charge in [-0.25, -0.2) is 12.8 Å². The maximum Gasteiger partial charge on any atom is 0.244 e. The molecule has 0 aromatic heterocycles. The van der Waals surface area contributed by atoms with Crippen LogP contribution in [0.1, 0.15) is 45.2 Å². The Labute approximate surface area is 202 Å². The predicted octanol–water partition coefficient (Wildman–Crippen LogP) is 3.49. The third kappa shape index (κ3) is 7.55. The first-order chi connectivity index (χ1) is 16.0. The molecule has 34 heavy (non-hydrogen) atoms. The van der Waals surface area contributed by atoms with Crippen molar-refractivity contribution in [1.29, 1.82) is 0 Å². The molecular formula is C25H34FN3O4S. The van der Waals surface area contributed by atoms with Gasteiger partial charge in [-0.15, -0.1) is 0 Å². The van der Waals surface area contributed by atoms with Gasteiger partial charge in [-0.3, -0.25) is 13.9 Å². The zero-order chi connectivity index (χ0) is 25.5. The second-order valence-corrected chi connectivity index (χ2v) is 10.4. The molecule has 0 bridgehead atoms.